The second kappa shape index (κ2) is 9.42. The van der Waals surface area contributed by atoms with Crippen LogP contribution in [0.5, 0.6) is 0 Å². The predicted octanol–water partition coefficient (Wildman–Crippen LogP) is 4.65. The Hall–Kier alpha value is -4.08. The number of benzene rings is 2. The molecule has 1 aliphatic carbocycles. The van der Waals surface area contributed by atoms with Crippen LogP contribution in [0, 0.1) is 0 Å². The number of carbonyl (C=O) groups excluding carboxylic acids is 3. The molecule has 176 valence electrons. The number of nitrogens with one attached hydrogen (secondary N) is 2. The van der Waals surface area contributed by atoms with E-state index in [-0.39, 0.29) is 40.3 Å². The summed E-state index contributed by atoms with van der Waals surface area (Å²) in [5.41, 5.74) is -0.168. The maximum Gasteiger partial charge on any atom is 0.416 e. The first-order valence-electron chi connectivity index (χ1n) is 10.3. The molecule has 2 aromatic carbocycles. The van der Waals surface area contributed by atoms with Gasteiger partial charge in [-0.15, -0.1) is 0 Å². The third-order valence-electron chi connectivity index (χ3n) is 4.97. The predicted molar refractivity (Wildman–Crippen MR) is 115 cm³/mol. The Morgan fingerprint density at radius 1 is 1.00 bits per heavy atom. The first-order valence-corrected chi connectivity index (χ1v) is 10.3. The normalized spacial score (nSPS) is 13.3. The van der Waals surface area contributed by atoms with Crippen molar-refractivity contribution >= 4 is 23.5 Å². The number of para-hydroxylation sites is 1. The fraction of sp³-hybridized carbons (Fsp3) is 0.208. The highest BCUT2D eigenvalue weighted by Gasteiger charge is 2.31. The van der Waals surface area contributed by atoms with E-state index in [1.807, 2.05) is 0 Å². The summed E-state index contributed by atoms with van der Waals surface area (Å²) in [6.45, 7) is -0.656. The van der Waals surface area contributed by atoms with Gasteiger partial charge in [-0.3, -0.25) is 9.59 Å². The van der Waals surface area contributed by atoms with Gasteiger partial charge < -0.3 is 19.8 Å². The molecule has 1 heterocycles. The van der Waals surface area contributed by atoms with Crippen LogP contribution >= 0.6 is 0 Å². The van der Waals surface area contributed by atoms with E-state index in [1.54, 1.807) is 24.3 Å². The highest BCUT2D eigenvalue weighted by molar-refractivity contribution is 6.04. The summed E-state index contributed by atoms with van der Waals surface area (Å²) >= 11 is 0. The molecular weight excluding hydrogens is 453 g/mol. The van der Waals surface area contributed by atoms with Crippen LogP contribution in [0.3, 0.4) is 0 Å². The summed E-state index contributed by atoms with van der Waals surface area (Å²) in [5, 5.41) is 5.36. The van der Waals surface area contributed by atoms with E-state index < -0.39 is 30.2 Å². The Balaban J connectivity index is 1.36. The van der Waals surface area contributed by atoms with Gasteiger partial charge in [0.2, 0.25) is 5.76 Å². The Kier molecular flexibility index (Phi) is 6.40. The molecule has 0 bridgehead atoms. The van der Waals surface area contributed by atoms with Crippen LogP contribution in [-0.2, 0) is 15.7 Å². The number of rotatable bonds is 7. The molecule has 3 aromatic rings. The van der Waals surface area contributed by atoms with Crippen LogP contribution in [0.2, 0.25) is 0 Å². The molecule has 10 heteroatoms. The van der Waals surface area contributed by atoms with E-state index in [0.29, 0.717) is 0 Å². The quantitative estimate of drug-likeness (QED) is 0.488. The Morgan fingerprint density at radius 3 is 2.50 bits per heavy atom. The molecule has 0 aliphatic heterocycles. The van der Waals surface area contributed by atoms with Gasteiger partial charge in [0, 0.05) is 11.6 Å². The number of hydrogen-bond donors (Lipinski definition) is 2. The van der Waals surface area contributed by atoms with Crippen molar-refractivity contribution in [2.75, 3.05) is 11.9 Å². The zero-order valence-electron chi connectivity index (χ0n) is 17.6. The average molecular weight is 472 g/mol. The second-order valence-corrected chi connectivity index (χ2v) is 7.66. The van der Waals surface area contributed by atoms with E-state index >= 15 is 0 Å². The average Bonchev–Trinajstić information content (AvgIpc) is 3.48. The van der Waals surface area contributed by atoms with Crippen LogP contribution < -0.4 is 10.6 Å². The summed E-state index contributed by atoms with van der Waals surface area (Å²) in [6.07, 6.45) is -2.69. The summed E-state index contributed by atoms with van der Waals surface area (Å²) in [7, 11) is 0. The minimum Gasteiger partial charge on any atom is -0.450 e. The minimum atomic E-state index is -4.52. The van der Waals surface area contributed by atoms with Crippen LogP contribution in [0.1, 0.15) is 39.3 Å². The van der Waals surface area contributed by atoms with Crippen molar-refractivity contribution in [2.45, 2.75) is 25.1 Å². The molecule has 1 aromatic heterocycles. The lowest BCUT2D eigenvalue weighted by Gasteiger charge is -2.11. The number of alkyl halides is 3. The van der Waals surface area contributed by atoms with Crippen molar-refractivity contribution in [1.82, 2.24) is 5.32 Å². The smallest absolute Gasteiger partial charge is 0.416 e. The second-order valence-electron chi connectivity index (χ2n) is 7.66. The fourth-order valence-corrected chi connectivity index (χ4v) is 3.12. The van der Waals surface area contributed by atoms with Gasteiger partial charge in [-0.05, 0) is 49.2 Å². The van der Waals surface area contributed by atoms with Crippen LogP contribution in [0.25, 0.3) is 11.3 Å². The first kappa shape index (κ1) is 23.1. The Labute approximate surface area is 191 Å². The summed E-state index contributed by atoms with van der Waals surface area (Å²) in [4.78, 5) is 36.8. The SMILES string of the molecule is O=C(COC(=O)c1ccc(-c2cccc(C(F)(F)F)c2)o1)Nc1ccccc1C(=O)NC1CC1. The first-order chi connectivity index (χ1) is 16.2. The molecular formula is C24H19F3N2O5. The Bertz CT molecular complexity index is 1230. The van der Waals surface area contributed by atoms with Gasteiger partial charge in [-0.2, -0.15) is 13.2 Å². The highest BCUT2D eigenvalue weighted by Crippen LogP contribution is 2.32. The van der Waals surface area contributed by atoms with Gasteiger partial charge in [0.1, 0.15) is 5.76 Å². The number of carbonyl (C=O) groups is 3. The molecule has 0 unspecified atom stereocenters. The van der Waals surface area contributed by atoms with E-state index in [9.17, 15) is 27.6 Å². The van der Waals surface area contributed by atoms with Gasteiger partial charge in [0.15, 0.2) is 6.61 Å². The topological polar surface area (TPSA) is 97.6 Å². The van der Waals surface area contributed by atoms with Crippen molar-refractivity contribution in [2.24, 2.45) is 0 Å². The van der Waals surface area contributed by atoms with Gasteiger partial charge >= 0.3 is 12.1 Å². The minimum absolute atomic E-state index is 0.0399. The van der Waals surface area contributed by atoms with E-state index in [2.05, 4.69) is 10.6 Å². The number of ether oxygens (including phenoxy) is 1. The number of hydrogen-bond acceptors (Lipinski definition) is 5. The number of halogens is 3. The van der Waals surface area contributed by atoms with Crippen molar-refractivity contribution in [3.63, 3.8) is 0 Å². The summed E-state index contributed by atoms with van der Waals surface area (Å²) < 4.78 is 49.0. The maximum atomic E-state index is 12.9. The lowest BCUT2D eigenvalue weighted by Crippen LogP contribution is -2.27. The van der Waals surface area contributed by atoms with E-state index in [0.717, 1.165) is 25.0 Å². The maximum absolute atomic E-state index is 12.9. The van der Waals surface area contributed by atoms with Crippen molar-refractivity contribution < 1.29 is 36.7 Å². The van der Waals surface area contributed by atoms with Crippen molar-refractivity contribution in [3.8, 4) is 11.3 Å². The van der Waals surface area contributed by atoms with Gasteiger partial charge in [0.05, 0.1) is 16.8 Å². The molecule has 2 amide bonds. The fourth-order valence-electron chi connectivity index (χ4n) is 3.12. The van der Waals surface area contributed by atoms with Crippen LogP contribution in [0.15, 0.2) is 65.1 Å². The van der Waals surface area contributed by atoms with Crippen LogP contribution in [0.4, 0.5) is 18.9 Å². The molecule has 34 heavy (non-hydrogen) atoms. The molecule has 7 nitrogen and oxygen atoms in total. The number of furan rings is 1. The van der Waals surface area contributed by atoms with Gasteiger partial charge in [0.25, 0.3) is 11.8 Å². The van der Waals surface area contributed by atoms with Crippen molar-refractivity contribution in [3.05, 3.63) is 77.6 Å². The zero-order valence-corrected chi connectivity index (χ0v) is 17.6. The summed E-state index contributed by atoms with van der Waals surface area (Å²) in [5.74, 6) is -2.19. The van der Waals surface area contributed by atoms with Gasteiger partial charge in [-0.1, -0.05) is 24.3 Å². The van der Waals surface area contributed by atoms with E-state index in [1.165, 1.54) is 24.3 Å². The monoisotopic (exact) mass is 472 g/mol. The third kappa shape index (κ3) is 5.64. The van der Waals surface area contributed by atoms with E-state index in [4.69, 9.17) is 9.15 Å². The number of anilines is 1. The largest absolute Gasteiger partial charge is 0.450 e. The molecule has 2 N–H and O–H groups in total. The molecule has 0 atom stereocenters. The number of esters is 1. The molecule has 0 radical (unpaired) electrons. The lowest BCUT2D eigenvalue weighted by atomic mass is 10.1. The highest BCUT2D eigenvalue weighted by atomic mass is 19.4. The van der Waals surface area contributed by atoms with Crippen molar-refractivity contribution in [1.29, 1.82) is 0 Å². The Morgan fingerprint density at radius 2 is 1.76 bits per heavy atom. The zero-order chi connectivity index (χ0) is 24.3. The van der Waals surface area contributed by atoms with Crippen LogP contribution in [-0.4, -0.2) is 30.4 Å². The van der Waals surface area contributed by atoms with Gasteiger partial charge in [-0.25, -0.2) is 4.79 Å². The number of amides is 2. The lowest BCUT2D eigenvalue weighted by molar-refractivity contribution is -0.137. The standard InChI is InChI=1S/C24H19F3N2O5/c25-24(26,27)15-5-3-4-14(12-15)19-10-11-20(34-19)23(32)33-13-21(30)29-18-7-2-1-6-17(18)22(31)28-16-8-9-16/h1-7,10-12,16H,8-9,13H2,(H,28,31)(H,29,30). The molecule has 1 aliphatic rings. The molecule has 0 saturated heterocycles. The molecule has 0 spiro atoms. The summed E-state index contributed by atoms with van der Waals surface area (Å²) in [6, 6.07) is 13.6. The molecule has 1 fully saturated rings. The third-order valence-corrected chi connectivity index (χ3v) is 4.97. The molecule has 4 rings (SSSR count). The molecule has 1 saturated carbocycles.